The van der Waals surface area contributed by atoms with Crippen LogP contribution in [0, 0.1) is 5.92 Å². The average molecular weight is 209 g/mol. The number of hydrazine groups is 1. The summed E-state index contributed by atoms with van der Waals surface area (Å²) >= 11 is 0. The number of carbonyl (C=O) groups is 1. The molecule has 1 amide bonds. The van der Waals surface area contributed by atoms with Gasteiger partial charge in [-0.25, -0.2) is 5.01 Å². The van der Waals surface area contributed by atoms with Gasteiger partial charge >= 0.3 is 0 Å². The van der Waals surface area contributed by atoms with E-state index < -0.39 is 0 Å². The number of nitrogens with one attached hydrogen (secondary N) is 1. The molecule has 1 aliphatic carbocycles. The normalized spacial score (nSPS) is 32.9. The van der Waals surface area contributed by atoms with Gasteiger partial charge in [0.1, 0.15) is 0 Å². The van der Waals surface area contributed by atoms with Crippen LogP contribution in [-0.2, 0) is 4.79 Å². The van der Waals surface area contributed by atoms with Gasteiger partial charge in [-0.05, 0) is 38.3 Å². The highest BCUT2D eigenvalue weighted by Gasteiger charge is 2.40. The Kier molecular flexibility index (Phi) is 2.41. The lowest BCUT2D eigenvalue weighted by Crippen LogP contribution is -2.43. The quantitative estimate of drug-likeness (QED) is 0.721. The summed E-state index contributed by atoms with van der Waals surface area (Å²) in [6.07, 6.45) is 4.43. The Balaban J connectivity index is 1.61. The molecular formula is C11H19N3O. The standard InChI is InChI=1S/C11H19N3O/c15-11-4-6-13(14(11)10-1-2-10)8-9-3-5-12-7-9/h9-10,12H,1-8H2. The second-order valence-electron chi connectivity index (χ2n) is 4.99. The Morgan fingerprint density at radius 1 is 1.33 bits per heavy atom. The molecule has 2 heterocycles. The van der Waals surface area contributed by atoms with Gasteiger partial charge in [-0.15, -0.1) is 0 Å². The van der Waals surface area contributed by atoms with Crippen LogP contribution in [0.25, 0.3) is 0 Å². The third-order valence-electron chi connectivity index (χ3n) is 3.67. The third kappa shape index (κ3) is 1.88. The number of hydrogen-bond acceptors (Lipinski definition) is 3. The van der Waals surface area contributed by atoms with Crippen molar-refractivity contribution in [1.29, 1.82) is 0 Å². The molecule has 0 spiro atoms. The van der Waals surface area contributed by atoms with Gasteiger partial charge in [0.05, 0.1) is 0 Å². The topological polar surface area (TPSA) is 35.6 Å². The van der Waals surface area contributed by atoms with Gasteiger partial charge in [0.2, 0.25) is 5.91 Å². The van der Waals surface area contributed by atoms with Crippen molar-refractivity contribution in [3.05, 3.63) is 0 Å². The van der Waals surface area contributed by atoms with E-state index in [1.165, 1.54) is 19.3 Å². The van der Waals surface area contributed by atoms with Gasteiger partial charge in [-0.2, -0.15) is 0 Å². The SMILES string of the molecule is O=C1CCN(CC2CCNC2)N1C1CC1. The van der Waals surface area contributed by atoms with E-state index in [4.69, 9.17) is 0 Å². The molecule has 2 aliphatic heterocycles. The number of hydrogen-bond donors (Lipinski definition) is 1. The maximum Gasteiger partial charge on any atom is 0.238 e. The monoisotopic (exact) mass is 209 g/mol. The Morgan fingerprint density at radius 2 is 2.20 bits per heavy atom. The highest BCUT2D eigenvalue weighted by atomic mass is 16.2. The first-order chi connectivity index (χ1) is 7.34. The lowest BCUT2D eigenvalue weighted by molar-refractivity contribution is -0.139. The molecule has 0 radical (unpaired) electrons. The maximum absolute atomic E-state index is 11.7. The lowest BCUT2D eigenvalue weighted by Gasteiger charge is -2.29. The molecule has 0 aromatic rings. The zero-order valence-corrected chi connectivity index (χ0v) is 9.11. The van der Waals surface area contributed by atoms with Crippen molar-refractivity contribution >= 4 is 5.91 Å². The number of amides is 1. The fourth-order valence-corrected chi connectivity index (χ4v) is 2.71. The fourth-order valence-electron chi connectivity index (χ4n) is 2.71. The van der Waals surface area contributed by atoms with Gasteiger partial charge in [0, 0.05) is 25.6 Å². The molecule has 0 aromatic carbocycles. The van der Waals surface area contributed by atoms with Gasteiger partial charge < -0.3 is 5.32 Å². The van der Waals surface area contributed by atoms with E-state index in [0.717, 1.165) is 38.5 Å². The van der Waals surface area contributed by atoms with E-state index in [1.54, 1.807) is 0 Å². The van der Waals surface area contributed by atoms with E-state index in [-0.39, 0.29) is 0 Å². The molecule has 3 rings (SSSR count). The van der Waals surface area contributed by atoms with Crippen molar-refractivity contribution in [3.63, 3.8) is 0 Å². The molecule has 3 aliphatic rings. The van der Waals surface area contributed by atoms with Crippen molar-refractivity contribution in [1.82, 2.24) is 15.3 Å². The fraction of sp³-hybridized carbons (Fsp3) is 0.909. The molecule has 15 heavy (non-hydrogen) atoms. The Morgan fingerprint density at radius 3 is 2.87 bits per heavy atom. The zero-order valence-electron chi connectivity index (χ0n) is 9.11. The second-order valence-corrected chi connectivity index (χ2v) is 4.99. The minimum absolute atomic E-state index is 0.350. The van der Waals surface area contributed by atoms with Gasteiger partial charge in [0.25, 0.3) is 0 Å². The van der Waals surface area contributed by atoms with Crippen molar-refractivity contribution in [2.24, 2.45) is 5.92 Å². The van der Waals surface area contributed by atoms with Crippen molar-refractivity contribution in [3.8, 4) is 0 Å². The van der Waals surface area contributed by atoms with Gasteiger partial charge in [-0.1, -0.05) is 0 Å². The molecular weight excluding hydrogens is 190 g/mol. The van der Waals surface area contributed by atoms with Crippen LogP contribution in [0.2, 0.25) is 0 Å². The van der Waals surface area contributed by atoms with Crippen LogP contribution in [0.1, 0.15) is 25.7 Å². The van der Waals surface area contributed by atoms with Crippen LogP contribution < -0.4 is 5.32 Å². The zero-order chi connectivity index (χ0) is 10.3. The first kappa shape index (κ1) is 9.60. The molecule has 1 N–H and O–H groups in total. The largest absolute Gasteiger partial charge is 0.316 e. The first-order valence-corrected chi connectivity index (χ1v) is 6.12. The molecule has 3 fully saturated rings. The summed E-state index contributed by atoms with van der Waals surface area (Å²) in [5.41, 5.74) is 0. The molecule has 1 saturated carbocycles. The molecule has 4 heteroatoms. The van der Waals surface area contributed by atoms with E-state index in [2.05, 4.69) is 15.3 Å². The smallest absolute Gasteiger partial charge is 0.238 e. The summed E-state index contributed by atoms with van der Waals surface area (Å²) in [7, 11) is 0. The highest BCUT2D eigenvalue weighted by Crippen LogP contribution is 2.32. The minimum Gasteiger partial charge on any atom is -0.316 e. The summed E-state index contributed by atoms with van der Waals surface area (Å²) in [4.78, 5) is 11.7. The number of rotatable bonds is 3. The minimum atomic E-state index is 0.350. The van der Waals surface area contributed by atoms with E-state index in [0.29, 0.717) is 11.9 Å². The van der Waals surface area contributed by atoms with Crippen LogP contribution in [0.15, 0.2) is 0 Å². The van der Waals surface area contributed by atoms with Crippen LogP contribution >= 0.6 is 0 Å². The highest BCUT2D eigenvalue weighted by molar-refractivity contribution is 5.78. The lowest BCUT2D eigenvalue weighted by atomic mass is 10.1. The summed E-state index contributed by atoms with van der Waals surface area (Å²) in [5.74, 6) is 1.10. The van der Waals surface area contributed by atoms with Crippen LogP contribution in [0.5, 0.6) is 0 Å². The Labute approximate surface area is 90.6 Å². The summed E-state index contributed by atoms with van der Waals surface area (Å²) in [6.45, 7) is 4.31. The van der Waals surface area contributed by atoms with E-state index in [1.807, 2.05) is 0 Å². The average Bonchev–Trinajstić information content (AvgIpc) is 2.80. The summed E-state index contributed by atoms with van der Waals surface area (Å²) in [5, 5.41) is 7.74. The first-order valence-electron chi connectivity index (χ1n) is 6.12. The van der Waals surface area contributed by atoms with E-state index >= 15 is 0 Å². The molecule has 4 nitrogen and oxygen atoms in total. The maximum atomic E-state index is 11.7. The molecule has 0 bridgehead atoms. The molecule has 1 atom stereocenters. The summed E-state index contributed by atoms with van der Waals surface area (Å²) < 4.78 is 0. The van der Waals surface area contributed by atoms with E-state index in [9.17, 15) is 4.79 Å². The predicted molar refractivity (Wildman–Crippen MR) is 57.0 cm³/mol. The molecule has 2 saturated heterocycles. The van der Waals surface area contributed by atoms with Crippen LogP contribution in [0.3, 0.4) is 0 Å². The predicted octanol–water partition coefficient (Wildman–Crippen LogP) is 0.208. The Hall–Kier alpha value is -0.610. The van der Waals surface area contributed by atoms with Crippen LogP contribution in [0.4, 0.5) is 0 Å². The van der Waals surface area contributed by atoms with Crippen molar-refractivity contribution < 1.29 is 4.79 Å². The molecule has 84 valence electrons. The molecule has 0 aromatic heterocycles. The number of nitrogens with zero attached hydrogens (tertiary/aromatic N) is 2. The number of carbonyl (C=O) groups excluding carboxylic acids is 1. The van der Waals surface area contributed by atoms with Crippen molar-refractivity contribution in [2.45, 2.75) is 31.7 Å². The van der Waals surface area contributed by atoms with Crippen molar-refractivity contribution in [2.75, 3.05) is 26.2 Å². The summed E-state index contributed by atoms with van der Waals surface area (Å²) in [6, 6.07) is 0.550. The second kappa shape index (κ2) is 3.76. The van der Waals surface area contributed by atoms with Crippen LogP contribution in [-0.4, -0.2) is 48.1 Å². The molecule has 1 unspecified atom stereocenters. The Bertz CT molecular complexity index is 259. The van der Waals surface area contributed by atoms with Gasteiger partial charge in [-0.3, -0.25) is 9.80 Å². The third-order valence-corrected chi connectivity index (χ3v) is 3.67. The van der Waals surface area contributed by atoms with Gasteiger partial charge in [0.15, 0.2) is 0 Å².